The SMILES string of the molecule is CCCC1CCC(C2CCC(C3CCC(CO)CC3)C(CC)C2)CC1. The van der Waals surface area contributed by atoms with Gasteiger partial charge in [-0.1, -0.05) is 46.0 Å². The van der Waals surface area contributed by atoms with E-state index >= 15 is 0 Å². The average molecular weight is 349 g/mol. The molecule has 0 saturated heterocycles. The number of rotatable bonds is 6. The molecule has 0 aromatic carbocycles. The van der Waals surface area contributed by atoms with Crippen molar-refractivity contribution >= 4 is 0 Å². The normalized spacial score (nSPS) is 43.1. The summed E-state index contributed by atoms with van der Waals surface area (Å²) in [6.07, 6.45) is 20.4. The van der Waals surface area contributed by atoms with Crippen LogP contribution in [0.5, 0.6) is 0 Å². The van der Waals surface area contributed by atoms with Crippen LogP contribution < -0.4 is 0 Å². The van der Waals surface area contributed by atoms with Crippen LogP contribution in [-0.4, -0.2) is 11.7 Å². The third-order valence-corrected chi connectivity index (χ3v) is 8.62. The summed E-state index contributed by atoms with van der Waals surface area (Å²) in [5.41, 5.74) is 0. The van der Waals surface area contributed by atoms with Crippen molar-refractivity contribution in [3.05, 3.63) is 0 Å². The predicted octanol–water partition coefficient (Wildman–Crippen LogP) is 6.83. The van der Waals surface area contributed by atoms with E-state index < -0.39 is 0 Å². The minimum absolute atomic E-state index is 0.428. The smallest absolute Gasteiger partial charge is 0.0459 e. The fourth-order valence-corrected chi connectivity index (χ4v) is 7.00. The van der Waals surface area contributed by atoms with E-state index in [4.69, 9.17) is 0 Å². The molecule has 25 heavy (non-hydrogen) atoms. The standard InChI is InChI=1S/C24H44O/c1-3-5-18-6-10-21(11-7-18)23-14-15-24(20(4-2)16-23)22-12-8-19(17-25)9-13-22/h18-25H,3-17H2,1-2H3. The van der Waals surface area contributed by atoms with Crippen molar-refractivity contribution in [1.29, 1.82) is 0 Å². The van der Waals surface area contributed by atoms with Gasteiger partial charge in [-0.25, -0.2) is 0 Å². The Balaban J connectivity index is 1.48. The number of aliphatic hydroxyl groups is 1. The Morgan fingerprint density at radius 3 is 1.88 bits per heavy atom. The van der Waals surface area contributed by atoms with Gasteiger partial charge in [0.2, 0.25) is 0 Å². The molecule has 0 aromatic heterocycles. The van der Waals surface area contributed by atoms with E-state index in [1.165, 1.54) is 83.5 Å². The molecule has 3 aliphatic rings. The number of aliphatic hydroxyl groups excluding tert-OH is 1. The maximum atomic E-state index is 9.42. The molecule has 0 heterocycles. The molecule has 3 unspecified atom stereocenters. The molecule has 1 nitrogen and oxygen atoms in total. The fraction of sp³-hybridized carbons (Fsp3) is 1.00. The summed E-state index contributed by atoms with van der Waals surface area (Å²) >= 11 is 0. The highest BCUT2D eigenvalue weighted by Gasteiger charge is 2.38. The lowest BCUT2D eigenvalue weighted by atomic mass is 9.60. The highest BCUT2D eigenvalue weighted by molar-refractivity contribution is 4.89. The molecule has 3 rings (SSSR count). The van der Waals surface area contributed by atoms with E-state index in [0.717, 1.165) is 35.5 Å². The quantitative estimate of drug-likeness (QED) is 0.557. The zero-order valence-electron chi connectivity index (χ0n) is 17.1. The molecular weight excluding hydrogens is 304 g/mol. The molecule has 3 saturated carbocycles. The first kappa shape index (κ1) is 19.7. The fourth-order valence-electron chi connectivity index (χ4n) is 7.00. The van der Waals surface area contributed by atoms with Crippen molar-refractivity contribution in [2.24, 2.45) is 41.4 Å². The van der Waals surface area contributed by atoms with E-state index in [2.05, 4.69) is 13.8 Å². The summed E-state index contributed by atoms with van der Waals surface area (Å²) in [4.78, 5) is 0. The summed E-state index contributed by atoms with van der Waals surface area (Å²) in [6, 6.07) is 0. The van der Waals surface area contributed by atoms with Crippen LogP contribution in [0.2, 0.25) is 0 Å². The number of hydrogen-bond donors (Lipinski definition) is 1. The minimum Gasteiger partial charge on any atom is -0.396 e. The van der Waals surface area contributed by atoms with Gasteiger partial charge >= 0.3 is 0 Å². The second-order valence-corrected chi connectivity index (χ2v) is 9.94. The van der Waals surface area contributed by atoms with Crippen LogP contribution in [0.25, 0.3) is 0 Å². The van der Waals surface area contributed by atoms with Gasteiger partial charge in [0.25, 0.3) is 0 Å². The van der Waals surface area contributed by atoms with Gasteiger partial charge in [0.15, 0.2) is 0 Å². The second kappa shape index (κ2) is 9.77. The van der Waals surface area contributed by atoms with Crippen LogP contribution in [0.1, 0.15) is 104 Å². The monoisotopic (exact) mass is 348 g/mol. The molecule has 146 valence electrons. The molecule has 0 bridgehead atoms. The van der Waals surface area contributed by atoms with Gasteiger partial charge in [0, 0.05) is 6.61 Å². The summed E-state index contributed by atoms with van der Waals surface area (Å²) < 4.78 is 0. The Labute approximate surface area is 157 Å². The van der Waals surface area contributed by atoms with Gasteiger partial charge in [0.05, 0.1) is 0 Å². The average Bonchev–Trinajstić information content (AvgIpc) is 2.68. The molecule has 3 aliphatic carbocycles. The Kier molecular flexibility index (Phi) is 7.70. The van der Waals surface area contributed by atoms with Crippen molar-refractivity contribution in [3.8, 4) is 0 Å². The van der Waals surface area contributed by atoms with E-state index in [1.807, 2.05) is 0 Å². The maximum Gasteiger partial charge on any atom is 0.0459 e. The van der Waals surface area contributed by atoms with Crippen LogP contribution in [0.4, 0.5) is 0 Å². The predicted molar refractivity (Wildman–Crippen MR) is 108 cm³/mol. The molecule has 1 heteroatoms. The number of hydrogen-bond acceptors (Lipinski definition) is 1. The van der Waals surface area contributed by atoms with Crippen LogP contribution in [-0.2, 0) is 0 Å². The third-order valence-electron chi connectivity index (χ3n) is 8.62. The highest BCUT2D eigenvalue weighted by Crippen LogP contribution is 2.49. The van der Waals surface area contributed by atoms with Gasteiger partial charge in [-0.15, -0.1) is 0 Å². The third kappa shape index (κ3) is 5.02. The lowest BCUT2D eigenvalue weighted by Gasteiger charge is -2.45. The zero-order valence-corrected chi connectivity index (χ0v) is 17.1. The van der Waals surface area contributed by atoms with Crippen molar-refractivity contribution in [2.45, 2.75) is 104 Å². The first-order valence-electron chi connectivity index (χ1n) is 11.9. The van der Waals surface area contributed by atoms with Gasteiger partial charge < -0.3 is 5.11 Å². The molecule has 0 aromatic rings. The van der Waals surface area contributed by atoms with Gasteiger partial charge in [0.1, 0.15) is 0 Å². The van der Waals surface area contributed by atoms with Gasteiger partial charge in [-0.3, -0.25) is 0 Å². The molecular formula is C24H44O. The summed E-state index contributed by atoms with van der Waals surface area (Å²) in [5, 5.41) is 9.42. The first-order chi connectivity index (χ1) is 12.2. The van der Waals surface area contributed by atoms with Crippen LogP contribution in [0.15, 0.2) is 0 Å². The Morgan fingerprint density at radius 2 is 1.28 bits per heavy atom. The van der Waals surface area contributed by atoms with Crippen LogP contribution >= 0.6 is 0 Å². The van der Waals surface area contributed by atoms with Crippen molar-refractivity contribution in [3.63, 3.8) is 0 Å². The molecule has 1 N–H and O–H groups in total. The van der Waals surface area contributed by atoms with Crippen molar-refractivity contribution in [1.82, 2.24) is 0 Å². The van der Waals surface area contributed by atoms with Crippen LogP contribution in [0.3, 0.4) is 0 Å². The summed E-state index contributed by atoms with van der Waals surface area (Å²) in [6.45, 7) is 5.24. The zero-order chi connectivity index (χ0) is 17.6. The highest BCUT2D eigenvalue weighted by atomic mass is 16.3. The second-order valence-electron chi connectivity index (χ2n) is 9.94. The molecule has 0 spiro atoms. The van der Waals surface area contributed by atoms with E-state index in [9.17, 15) is 5.11 Å². The lowest BCUT2D eigenvalue weighted by Crippen LogP contribution is -2.35. The Hall–Kier alpha value is -0.0400. The molecule has 0 amide bonds. The first-order valence-corrected chi connectivity index (χ1v) is 11.9. The summed E-state index contributed by atoms with van der Waals surface area (Å²) in [7, 11) is 0. The van der Waals surface area contributed by atoms with E-state index in [-0.39, 0.29) is 0 Å². The van der Waals surface area contributed by atoms with E-state index in [0.29, 0.717) is 12.5 Å². The topological polar surface area (TPSA) is 20.2 Å². The van der Waals surface area contributed by atoms with Gasteiger partial charge in [-0.05, 0) is 99.2 Å². The summed E-state index contributed by atoms with van der Waals surface area (Å²) in [5.74, 6) is 6.78. The van der Waals surface area contributed by atoms with Crippen molar-refractivity contribution in [2.75, 3.05) is 6.61 Å². The molecule has 0 radical (unpaired) electrons. The largest absolute Gasteiger partial charge is 0.396 e. The molecule has 0 aliphatic heterocycles. The van der Waals surface area contributed by atoms with Gasteiger partial charge in [-0.2, -0.15) is 0 Å². The molecule has 3 fully saturated rings. The van der Waals surface area contributed by atoms with Crippen molar-refractivity contribution < 1.29 is 5.11 Å². The Bertz CT molecular complexity index is 362. The Morgan fingerprint density at radius 1 is 0.680 bits per heavy atom. The maximum absolute atomic E-state index is 9.42. The van der Waals surface area contributed by atoms with Crippen LogP contribution in [0, 0.1) is 41.4 Å². The lowest BCUT2D eigenvalue weighted by molar-refractivity contribution is 0.0474. The van der Waals surface area contributed by atoms with E-state index in [1.54, 1.807) is 6.42 Å². The minimum atomic E-state index is 0.428. The molecule has 3 atom stereocenters.